The summed E-state index contributed by atoms with van der Waals surface area (Å²) in [5.74, 6) is 0.292. The highest BCUT2D eigenvalue weighted by Gasteiger charge is 2.18. The van der Waals surface area contributed by atoms with Gasteiger partial charge in [-0.3, -0.25) is 9.69 Å². The monoisotopic (exact) mass is 492 g/mol. The van der Waals surface area contributed by atoms with Gasteiger partial charge < -0.3 is 9.30 Å². The van der Waals surface area contributed by atoms with Crippen molar-refractivity contribution < 1.29 is 9.53 Å². The summed E-state index contributed by atoms with van der Waals surface area (Å²) in [4.78, 5) is 15.0. The third kappa shape index (κ3) is 5.15. The Morgan fingerprint density at radius 3 is 2.35 bits per heavy atom. The van der Waals surface area contributed by atoms with Crippen LogP contribution in [-0.2, 0) is 24.3 Å². The summed E-state index contributed by atoms with van der Waals surface area (Å²) in [6, 6.07) is 21.0. The molecule has 0 unspecified atom stereocenters. The fourth-order valence-corrected chi connectivity index (χ4v) is 5.16. The average Bonchev–Trinajstić information content (AvgIpc) is 3.45. The van der Waals surface area contributed by atoms with E-state index in [1.54, 1.807) is 12.1 Å². The number of rotatable bonds is 7. The Kier molecular flexibility index (Phi) is 6.91. The zero-order chi connectivity index (χ0) is 23.5. The first-order valence-electron chi connectivity index (χ1n) is 11.6. The summed E-state index contributed by atoms with van der Waals surface area (Å²) in [5, 5.41) is 2.48. The number of carbonyl (C=O) groups is 1. The summed E-state index contributed by atoms with van der Waals surface area (Å²) in [5.41, 5.74) is 4.19. The normalized spacial score (nSPS) is 14.1. The molecule has 0 spiro atoms. The zero-order valence-corrected chi connectivity index (χ0v) is 20.4. The van der Waals surface area contributed by atoms with Gasteiger partial charge in [-0.2, -0.15) is 0 Å². The SMILES string of the molecule is O=C(Cc1ccc2c(c1)c(CN1CCCC1)cn2Cc1c(Cl)cccc1Cl)Oc1ccccc1. The van der Waals surface area contributed by atoms with Crippen molar-refractivity contribution in [1.29, 1.82) is 0 Å². The Hall–Kier alpha value is -2.79. The number of hydrogen-bond acceptors (Lipinski definition) is 3. The molecule has 0 amide bonds. The van der Waals surface area contributed by atoms with Gasteiger partial charge in [-0.15, -0.1) is 0 Å². The zero-order valence-electron chi connectivity index (χ0n) is 18.8. The molecule has 0 aliphatic carbocycles. The molecule has 5 rings (SSSR count). The van der Waals surface area contributed by atoms with Crippen LogP contribution < -0.4 is 4.74 Å². The van der Waals surface area contributed by atoms with E-state index in [2.05, 4.69) is 27.8 Å². The standard InChI is InChI=1S/C28H26Cl2N2O2/c29-25-9-6-10-26(30)24(25)19-32-18-21(17-31-13-4-5-14-31)23-15-20(11-12-27(23)32)16-28(33)34-22-7-2-1-3-8-22/h1-3,6-12,15,18H,4-5,13-14,16-17,19H2. The van der Waals surface area contributed by atoms with Gasteiger partial charge in [-0.25, -0.2) is 0 Å². The van der Waals surface area contributed by atoms with Crippen molar-refractivity contribution in [2.24, 2.45) is 0 Å². The molecule has 6 heteroatoms. The maximum absolute atomic E-state index is 12.5. The molecule has 4 aromatic rings. The van der Waals surface area contributed by atoms with Gasteiger partial charge in [0.05, 0.1) is 13.0 Å². The molecule has 34 heavy (non-hydrogen) atoms. The van der Waals surface area contributed by atoms with Crippen LogP contribution in [0.5, 0.6) is 5.75 Å². The van der Waals surface area contributed by atoms with E-state index in [-0.39, 0.29) is 12.4 Å². The van der Waals surface area contributed by atoms with Crippen LogP contribution in [0, 0.1) is 0 Å². The summed E-state index contributed by atoms with van der Waals surface area (Å²) in [6.45, 7) is 3.71. The Labute approximate surface area is 209 Å². The number of carbonyl (C=O) groups excluding carboxylic acids is 1. The Morgan fingerprint density at radius 1 is 0.882 bits per heavy atom. The molecule has 2 heterocycles. The van der Waals surface area contributed by atoms with Crippen LogP contribution in [0.15, 0.2) is 72.9 Å². The lowest BCUT2D eigenvalue weighted by Crippen LogP contribution is -2.18. The first-order valence-corrected chi connectivity index (χ1v) is 12.3. The van der Waals surface area contributed by atoms with E-state index in [1.165, 1.54) is 18.4 Å². The quantitative estimate of drug-likeness (QED) is 0.211. The molecule has 1 aromatic heterocycles. The number of esters is 1. The van der Waals surface area contributed by atoms with Crippen molar-refractivity contribution in [1.82, 2.24) is 9.47 Å². The van der Waals surface area contributed by atoms with Gasteiger partial charge in [-0.05, 0) is 73.5 Å². The second kappa shape index (κ2) is 10.2. The number of likely N-dealkylation sites (tertiary alicyclic amines) is 1. The first-order chi connectivity index (χ1) is 16.6. The van der Waals surface area contributed by atoms with Gasteiger partial charge in [0.25, 0.3) is 0 Å². The van der Waals surface area contributed by atoms with Crippen LogP contribution in [0.3, 0.4) is 0 Å². The number of aromatic nitrogens is 1. The van der Waals surface area contributed by atoms with Crippen LogP contribution in [-0.4, -0.2) is 28.5 Å². The maximum Gasteiger partial charge on any atom is 0.315 e. The molecule has 0 atom stereocenters. The molecule has 0 radical (unpaired) electrons. The van der Waals surface area contributed by atoms with Gasteiger partial charge in [0.1, 0.15) is 5.75 Å². The highest BCUT2D eigenvalue weighted by Crippen LogP contribution is 2.30. The van der Waals surface area contributed by atoms with Crippen LogP contribution in [0.25, 0.3) is 10.9 Å². The van der Waals surface area contributed by atoms with Crippen molar-refractivity contribution >= 4 is 40.1 Å². The van der Waals surface area contributed by atoms with Gasteiger partial charge in [0.15, 0.2) is 0 Å². The lowest BCUT2D eigenvalue weighted by atomic mass is 10.1. The van der Waals surface area contributed by atoms with E-state index in [0.717, 1.165) is 41.7 Å². The van der Waals surface area contributed by atoms with Crippen LogP contribution in [0.1, 0.15) is 29.5 Å². The van der Waals surface area contributed by atoms with Crippen molar-refractivity contribution in [3.8, 4) is 5.75 Å². The topological polar surface area (TPSA) is 34.5 Å². The van der Waals surface area contributed by atoms with E-state index in [9.17, 15) is 4.79 Å². The highest BCUT2D eigenvalue weighted by molar-refractivity contribution is 6.36. The molecular formula is C28H26Cl2N2O2. The number of halogens is 2. The van der Waals surface area contributed by atoms with Crippen molar-refractivity contribution in [3.05, 3.63) is 99.7 Å². The van der Waals surface area contributed by atoms with Crippen LogP contribution in [0.4, 0.5) is 0 Å². The second-order valence-corrected chi connectivity index (χ2v) is 9.60. The molecule has 1 saturated heterocycles. The van der Waals surface area contributed by atoms with Crippen LogP contribution >= 0.6 is 23.2 Å². The first kappa shape index (κ1) is 23.0. The Balaban J connectivity index is 1.45. The van der Waals surface area contributed by atoms with E-state index < -0.39 is 0 Å². The van der Waals surface area contributed by atoms with Crippen molar-refractivity contribution in [2.45, 2.75) is 32.4 Å². The summed E-state index contributed by atoms with van der Waals surface area (Å²) in [6.07, 6.45) is 4.90. The van der Waals surface area contributed by atoms with E-state index in [4.69, 9.17) is 27.9 Å². The molecular weight excluding hydrogens is 467 g/mol. The Morgan fingerprint density at radius 2 is 1.62 bits per heavy atom. The molecule has 1 fully saturated rings. The average molecular weight is 493 g/mol. The van der Waals surface area contributed by atoms with Gasteiger partial charge in [0.2, 0.25) is 0 Å². The number of para-hydroxylation sites is 1. The minimum atomic E-state index is -0.270. The van der Waals surface area contributed by atoms with Gasteiger partial charge in [0, 0.05) is 39.3 Å². The molecule has 1 aliphatic heterocycles. The number of benzene rings is 3. The minimum Gasteiger partial charge on any atom is -0.426 e. The number of hydrogen-bond donors (Lipinski definition) is 0. The minimum absolute atomic E-state index is 0.218. The lowest BCUT2D eigenvalue weighted by molar-refractivity contribution is -0.133. The second-order valence-electron chi connectivity index (χ2n) is 8.78. The van der Waals surface area contributed by atoms with E-state index >= 15 is 0 Å². The third-order valence-corrected chi connectivity index (χ3v) is 7.04. The fraction of sp³-hybridized carbons (Fsp3) is 0.250. The fourth-order valence-electron chi connectivity index (χ4n) is 4.64. The van der Waals surface area contributed by atoms with Gasteiger partial charge >= 0.3 is 5.97 Å². The smallest absolute Gasteiger partial charge is 0.315 e. The molecule has 4 nitrogen and oxygen atoms in total. The van der Waals surface area contributed by atoms with Crippen molar-refractivity contribution in [3.63, 3.8) is 0 Å². The van der Waals surface area contributed by atoms with Gasteiger partial charge in [-0.1, -0.05) is 53.5 Å². The largest absolute Gasteiger partial charge is 0.426 e. The summed E-state index contributed by atoms with van der Waals surface area (Å²) < 4.78 is 7.71. The van der Waals surface area contributed by atoms with E-state index in [0.29, 0.717) is 22.3 Å². The summed E-state index contributed by atoms with van der Waals surface area (Å²) in [7, 11) is 0. The number of ether oxygens (including phenoxy) is 1. The molecule has 3 aromatic carbocycles. The highest BCUT2D eigenvalue weighted by atomic mass is 35.5. The molecule has 0 bridgehead atoms. The molecule has 0 saturated carbocycles. The molecule has 174 valence electrons. The number of nitrogens with zero attached hydrogens (tertiary/aromatic N) is 2. The van der Waals surface area contributed by atoms with Crippen LogP contribution in [0.2, 0.25) is 10.0 Å². The maximum atomic E-state index is 12.5. The van der Waals surface area contributed by atoms with E-state index in [1.807, 2.05) is 42.5 Å². The predicted octanol–water partition coefficient (Wildman–Crippen LogP) is 6.74. The number of fused-ring (bicyclic) bond motifs is 1. The van der Waals surface area contributed by atoms with Crippen molar-refractivity contribution in [2.75, 3.05) is 13.1 Å². The summed E-state index contributed by atoms with van der Waals surface area (Å²) >= 11 is 12.9. The predicted molar refractivity (Wildman–Crippen MR) is 138 cm³/mol. The molecule has 1 aliphatic rings. The lowest BCUT2D eigenvalue weighted by Gasteiger charge is -2.13. The third-order valence-electron chi connectivity index (χ3n) is 6.33. The molecule has 0 N–H and O–H groups in total. The Bertz CT molecular complexity index is 1290.